The first kappa shape index (κ1) is 17.3. The number of carbonyl (C=O) groups is 1. The third kappa shape index (κ3) is 18.6. The molecule has 0 spiro atoms. The van der Waals surface area contributed by atoms with Crippen LogP contribution < -0.4 is 0 Å². The number of unbranched alkanes of at least 4 members (excludes halogenated alkanes) is 5. The van der Waals surface area contributed by atoms with Crippen molar-refractivity contribution >= 4 is 5.97 Å². The predicted molar refractivity (Wildman–Crippen MR) is 62.2 cm³/mol. The van der Waals surface area contributed by atoms with Crippen molar-refractivity contribution in [3.05, 3.63) is 4.91 Å². The summed E-state index contributed by atoms with van der Waals surface area (Å²) < 4.78 is 4.96. The highest BCUT2D eigenvalue weighted by Crippen LogP contribution is 2.04. The lowest BCUT2D eigenvalue weighted by Gasteiger charge is -2.02. The molecular formula is C11H23NO4. The normalized spacial score (nSPS) is 8.88. The minimum atomic E-state index is -0.0754. The van der Waals surface area contributed by atoms with Gasteiger partial charge in [-0.1, -0.05) is 46.0 Å². The van der Waals surface area contributed by atoms with Crippen LogP contribution in [-0.4, -0.2) is 17.8 Å². The van der Waals surface area contributed by atoms with Crippen LogP contribution in [0.5, 0.6) is 0 Å². The summed E-state index contributed by atoms with van der Waals surface area (Å²) in [7, 11) is 0. The first-order valence-electron chi connectivity index (χ1n) is 5.85. The maximum Gasteiger partial charge on any atom is 0.305 e. The molecule has 0 aliphatic heterocycles. The summed E-state index contributed by atoms with van der Waals surface area (Å²) in [5.41, 5.74) is 0. The molecule has 0 aromatic carbocycles. The van der Waals surface area contributed by atoms with Crippen molar-refractivity contribution in [2.75, 3.05) is 6.61 Å². The van der Waals surface area contributed by atoms with Gasteiger partial charge >= 0.3 is 5.97 Å². The highest BCUT2D eigenvalue weighted by Gasteiger charge is 1.96. The van der Waals surface area contributed by atoms with E-state index in [9.17, 15) is 4.79 Å². The Labute approximate surface area is 97.1 Å². The van der Waals surface area contributed by atoms with E-state index in [0.717, 1.165) is 6.42 Å². The van der Waals surface area contributed by atoms with Crippen molar-refractivity contribution in [3.63, 3.8) is 0 Å². The van der Waals surface area contributed by atoms with Crippen LogP contribution in [0.3, 0.4) is 0 Å². The predicted octanol–water partition coefficient (Wildman–Crippen LogP) is 3.44. The van der Waals surface area contributed by atoms with Crippen LogP contribution in [-0.2, 0) is 9.53 Å². The van der Waals surface area contributed by atoms with Gasteiger partial charge < -0.3 is 9.94 Å². The van der Waals surface area contributed by atoms with Crippen LogP contribution in [0.25, 0.3) is 0 Å². The van der Waals surface area contributed by atoms with E-state index < -0.39 is 0 Å². The Morgan fingerprint density at radius 1 is 1.12 bits per heavy atom. The summed E-state index contributed by atoms with van der Waals surface area (Å²) in [6.07, 6.45) is 7.91. The molecule has 0 fully saturated rings. The van der Waals surface area contributed by atoms with Gasteiger partial charge in [-0.15, -0.1) is 4.91 Å². The largest absolute Gasteiger partial charge is 0.466 e. The molecule has 0 atom stereocenters. The zero-order valence-electron chi connectivity index (χ0n) is 10.3. The van der Waals surface area contributed by atoms with E-state index in [0.29, 0.717) is 13.0 Å². The standard InChI is InChI=1S/C11H22O2.HNO2/c1-3-5-6-7-8-9-10-13-11(12)4-2;2-1-3/h3-10H2,1-2H3;(H,2,3). The molecule has 0 aromatic heterocycles. The van der Waals surface area contributed by atoms with Crippen molar-refractivity contribution in [2.24, 2.45) is 5.34 Å². The van der Waals surface area contributed by atoms with Gasteiger partial charge in [0.25, 0.3) is 0 Å². The Morgan fingerprint density at radius 3 is 2.12 bits per heavy atom. The smallest absolute Gasteiger partial charge is 0.305 e. The molecule has 0 amide bonds. The summed E-state index contributed by atoms with van der Waals surface area (Å²) in [5, 5.41) is 7.89. The van der Waals surface area contributed by atoms with Crippen LogP contribution in [0, 0.1) is 4.91 Å². The topological polar surface area (TPSA) is 76.0 Å². The van der Waals surface area contributed by atoms with Gasteiger partial charge in [0, 0.05) is 6.42 Å². The summed E-state index contributed by atoms with van der Waals surface area (Å²) in [4.78, 5) is 18.8. The van der Waals surface area contributed by atoms with E-state index in [1.54, 1.807) is 0 Å². The Hall–Kier alpha value is -1.13. The van der Waals surface area contributed by atoms with Gasteiger partial charge in [-0.05, 0) is 6.42 Å². The lowest BCUT2D eigenvalue weighted by atomic mass is 10.1. The number of rotatable bonds is 8. The molecule has 1 N–H and O–H groups in total. The molecule has 0 unspecified atom stereocenters. The highest BCUT2D eigenvalue weighted by atomic mass is 16.6. The lowest BCUT2D eigenvalue weighted by molar-refractivity contribution is -0.143. The molecule has 96 valence electrons. The van der Waals surface area contributed by atoms with Crippen LogP contribution in [0.15, 0.2) is 5.34 Å². The van der Waals surface area contributed by atoms with Crippen molar-refractivity contribution < 1.29 is 14.7 Å². The van der Waals surface area contributed by atoms with Crippen molar-refractivity contribution in [1.29, 1.82) is 0 Å². The van der Waals surface area contributed by atoms with Crippen LogP contribution in [0.4, 0.5) is 0 Å². The summed E-state index contributed by atoms with van der Waals surface area (Å²) in [6, 6.07) is 0. The zero-order chi connectivity index (χ0) is 12.6. The minimum Gasteiger partial charge on any atom is -0.466 e. The number of carbonyl (C=O) groups excluding carboxylic acids is 1. The van der Waals surface area contributed by atoms with E-state index >= 15 is 0 Å². The fraction of sp³-hybridized carbons (Fsp3) is 0.909. The maximum atomic E-state index is 10.7. The molecule has 0 bridgehead atoms. The average molecular weight is 233 g/mol. The number of nitrogens with zero attached hydrogens (tertiary/aromatic N) is 1. The Bertz CT molecular complexity index is 162. The molecular weight excluding hydrogens is 210 g/mol. The van der Waals surface area contributed by atoms with Crippen LogP contribution in [0.2, 0.25) is 0 Å². The first-order valence-corrected chi connectivity index (χ1v) is 5.85. The van der Waals surface area contributed by atoms with Crippen molar-refractivity contribution in [3.8, 4) is 0 Å². The third-order valence-corrected chi connectivity index (χ3v) is 2.05. The Kier molecular flexibility index (Phi) is 17.6. The van der Waals surface area contributed by atoms with E-state index in [-0.39, 0.29) is 5.97 Å². The number of ether oxygens (including phenoxy) is 1. The van der Waals surface area contributed by atoms with Gasteiger partial charge in [0.2, 0.25) is 0 Å². The second-order valence-corrected chi connectivity index (χ2v) is 3.42. The molecule has 0 aliphatic carbocycles. The number of hydrogen-bond donors (Lipinski definition) is 1. The van der Waals surface area contributed by atoms with E-state index in [1.807, 2.05) is 6.92 Å². The van der Waals surface area contributed by atoms with Gasteiger partial charge in [0.05, 0.1) is 6.61 Å². The third-order valence-electron chi connectivity index (χ3n) is 2.05. The SMILES string of the molecule is CCCCCCCCOC(=O)CC.O=NO. The van der Waals surface area contributed by atoms with Crippen molar-refractivity contribution in [2.45, 2.75) is 58.8 Å². The van der Waals surface area contributed by atoms with Gasteiger partial charge in [0.1, 0.15) is 0 Å². The molecule has 5 heteroatoms. The monoisotopic (exact) mass is 233 g/mol. The highest BCUT2D eigenvalue weighted by molar-refractivity contribution is 5.68. The molecule has 0 saturated heterocycles. The molecule has 0 radical (unpaired) electrons. The van der Waals surface area contributed by atoms with Gasteiger partial charge in [-0.2, -0.15) is 0 Å². The van der Waals surface area contributed by atoms with Crippen LogP contribution >= 0.6 is 0 Å². The zero-order valence-corrected chi connectivity index (χ0v) is 10.3. The molecule has 0 aliphatic rings. The lowest BCUT2D eigenvalue weighted by Crippen LogP contribution is -2.03. The van der Waals surface area contributed by atoms with Crippen LogP contribution in [0.1, 0.15) is 58.8 Å². The molecule has 0 rings (SSSR count). The minimum absolute atomic E-state index is 0.0754. The second-order valence-electron chi connectivity index (χ2n) is 3.42. The second kappa shape index (κ2) is 16.3. The van der Waals surface area contributed by atoms with E-state index in [4.69, 9.17) is 14.9 Å². The first-order chi connectivity index (χ1) is 7.72. The van der Waals surface area contributed by atoms with Gasteiger partial charge in [-0.25, -0.2) is 0 Å². The number of esters is 1. The fourth-order valence-electron chi connectivity index (χ4n) is 1.17. The quantitative estimate of drug-likeness (QED) is 0.301. The molecule has 0 heterocycles. The van der Waals surface area contributed by atoms with E-state index in [2.05, 4.69) is 6.92 Å². The number of hydrogen-bond acceptors (Lipinski definition) is 4. The Morgan fingerprint density at radius 2 is 1.62 bits per heavy atom. The fourth-order valence-corrected chi connectivity index (χ4v) is 1.17. The van der Waals surface area contributed by atoms with Crippen molar-refractivity contribution in [1.82, 2.24) is 0 Å². The van der Waals surface area contributed by atoms with E-state index in [1.165, 1.54) is 37.4 Å². The van der Waals surface area contributed by atoms with Gasteiger partial charge in [-0.3, -0.25) is 4.79 Å². The maximum absolute atomic E-state index is 10.7. The van der Waals surface area contributed by atoms with Gasteiger partial charge in [0.15, 0.2) is 5.34 Å². The molecule has 0 saturated carbocycles. The Balaban J connectivity index is 0. The average Bonchev–Trinajstić information content (AvgIpc) is 2.28. The molecule has 0 aromatic rings. The summed E-state index contributed by atoms with van der Waals surface area (Å²) in [5.74, 6) is -0.0754. The molecule has 5 nitrogen and oxygen atoms in total. The summed E-state index contributed by atoms with van der Waals surface area (Å²) >= 11 is 0. The summed E-state index contributed by atoms with van der Waals surface area (Å²) in [6.45, 7) is 4.64. The molecule has 16 heavy (non-hydrogen) atoms.